The molecular formula is C13H24O3. The molecule has 1 saturated carbocycles. The Kier molecular flexibility index (Phi) is 4.22. The molecule has 1 heterocycles. The lowest BCUT2D eigenvalue weighted by atomic mass is 9.94. The maximum Gasteiger partial charge on any atom is 0.169 e. The Morgan fingerprint density at radius 2 is 2.06 bits per heavy atom. The second-order valence-corrected chi connectivity index (χ2v) is 5.15. The van der Waals surface area contributed by atoms with Gasteiger partial charge in [0.05, 0.1) is 12.7 Å². The fourth-order valence-electron chi connectivity index (χ4n) is 2.72. The first-order valence-electron chi connectivity index (χ1n) is 6.75. The van der Waals surface area contributed by atoms with E-state index in [4.69, 9.17) is 9.47 Å². The van der Waals surface area contributed by atoms with Crippen molar-refractivity contribution in [2.24, 2.45) is 0 Å². The molecule has 3 nitrogen and oxygen atoms in total. The third kappa shape index (κ3) is 2.76. The van der Waals surface area contributed by atoms with E-state index in [-0.39, 0.29) is 18.0 Å². The van der Waals surface area contributed by atoms with Crippen molar-refractivity contribution in [3.63, 3.8) is 0 Å². The molecule has 2 aliphatic rings. The van der Waals surface area contributed by atoms with Crippen LogP contribution in [0.5, 0.6) is 0 Å². The van der Waals surface area contributed by atoms with Crippen LogP contribution in [0.15, 0.2) is 0 Å². The number of unbranched alkanes of at least 4 members (excludes halogenated alkanes) is 1. The van der Waals surface area contributed by atoms with Crippen molar-refractivity contribution in [1.29, 1.82) is 0 Å². The van der Waals surface area contributed by atoms with Gasteiger partial charge in [0.25, 0.3) is 0 Å². The van der Waals surface area contributed by atoms with Crippen molar-refractivity contribution >= 4 is 0 Å². The van der Waals surface area contributed by atoms with E-state index in [1.54, 1.807) is 0 Å². The maximum absolute atomic E-state index is 9.99. The number of ether oxygens (including phenoxy) is 2. The van der Waals surface area contributed by atoms with Crippen LogP contribution in [0.3, 0.4) is 0 Å². The van der Waals surface area contributed by atoms with Gasteiger partial charge in [0.1, 0.15) is 6.10 Å². The summed E-state index contributed by atoms with van der Waals surface area (Å²) in [5.41, 5.74) is 0. The van der Waals surface area contributed by atoms with Crippen molar-refractivity contribution in [3.8, 4) is 0 Å². The number of rotatable bonds is 4. The quantitative estimate of drug-likeness (QED) is 0.804. The monoisotopic (exact) mass is 228 g/mol. The van der Waals surface area contributed by atoms with Crippen molar-refractivity contribution in [2.45, 2.75) is 76.3 Å². The molecule has 94 valence electrons. The van der Waals surface area contributed by atoms with Gasteiger partial charge in [-0.2, -0.15) is 0 Å². The molecule has 0 aromatic rings. The highest BCUT2D eigenvalue weighted by Crippen LogP contribution is 2.38. The van der Waals surface area contributed by atoms with E-state index in [1.807, 2.05) is 0 Å². The summed E-state index contributed by atoms with van der Waals surface area (Å²) in [5, 5.41) is 9.99. The Morgan fingerprint density at radius 1 is 1.31 bits per heavy atom. The zero-order valence-corrected chi connectivity index (χ0v) is 10.3. The van der Waals surface area contributed by atoms with Gasteiger partial charge in [0.15, 0.2) is 5.79 Å². The zero-order chi connectivity index (χ0) is 11.4. The van der Waals surface area contributed by atoms with Crippen molar-refractivity contribution in [2.75, 3.05) is 6.61 Å². The predicted molar refractivity (Wildman–Crippen MR) is 62.2 cm³/mol. The van der Waals surface area contributed by atoms with Gasteiger partial charge in [-0.05, 0) is 19.3 Å². The number of hydrogen-bond acceptors (Lipinski definition) is 3. The van der Waals surface area contributed by atoms with Crippen LogP contribution in [0.1, 0.15) is 58.3 Å². The molecule has 0 unspecified atom stereocenters. The number of aliphatic hydroxyl groups excluding tert-OH is 1. The first-order valence-corrected chi connectivity index (χ1v) is 6.75. The van der Waals surface area contributed by atoms with Gasteiger partial charge in [-0.1, -0.05) is 26.2 Å². The van der Waals surface area contributed by atoms with Crippen LogP contribution in [0, 0.1) is 0 Å². The Hall–Kier alpha value is -0.120. The van der Waals surface area contributed by atoms with Gasteiger partial charge in [-0.15, -0.1) is 0 Å². The Morgan fingerprint density at radius 3 is 2.75 bits per heavy atom. The summed E-state index contributed by atoms with van der Waals surface area (Å²) < 4.78 is 11.8. The van der Waals surface area contributed by atoms with Crippen molar-refractivity contribution in [3.05, 3.63) is 0 Å². The summed E-state index contributed by atoms with van der Waals surface area (Å²) in [4.78, 5) is 0. The molecule has 1 N–H and O–H groups in total. The number of hydrogen-bond donors (Lipinski definition) is 1. The second kappa shape index (κ2) is 5.48. The molecule has 1 aliphatic heterocycles. The largest absolute Gasteiger partial charge is 0.390 e. The molecule has 1 aliphatic carbocycles. The first kappa shape index (κ1) is 12.3. The van der Waals surface area contributed by atoms with Crippen LogP contribution < -0.4 is 0 Å². The minimum Gasteiger partial charge on any atom is -0.390 e. The number of aliphatic hydroxyl groups is 1. The lowest BCUT2D eigenvalue weighted by Crippen LogP contribution is -2.36. The average molecular weight is 228 g/mol. The van der Waals surface area contributed by atoms with Crippen molar-refractivity contribution in [1.82, 2.24) is 0 Å². The molecule has 1 saturated heterocycles. The van der Waals surface area contributed by atoms with E-state index in [2.05, 4.69) is 6.92 Å². The molecule has 2 fully saturated rings. The second-order valence-electron chi connectivity index (χ2n) is 5.15. The van der Waals surface area contributed by atoms with E-state index in [9.17, 15) is 5.11 Å². The topological polar surface area (TPSA) is 38.7 Å². The molecule has 2 rings (SSSR count). The standard InChI is InChI=1S/C13H24O3/c1-2-3-7-11(14)12-10-15-13(16-12)8-5-4-6-9-13/h11-12,14H,2-10H2,1H3/t11-,12+/m0/s1. The molecule has 16 heavy (non-hydrogen) atoms. The van der Waals surface area contributed by atoms with Gasteiger partial charge >= 0.3 is 0 Å². The zero-order valence-electron chi connectivity index (χ0n) is 10.3. The smallest absolute Gasteiger partial charge is 0.169 e. The van der Waals surface area contributed by atoms with Crippen LogP contribution in [0.4, 0.5) is 0 Å². The van der Waals surface area contributed by atoms with Crippen LogP contribution in [-0.2, 0) is 9.47 Å². The molecule has 2 atom stereocenters. The minimum absolute atomic E-state index is 0.0929. The highest BCUT2D eigenvalue weighted by atomic mass is 16.7. The van der Waals surface area contributed by atoms with Crippen LogP contribution in [0.25, 0.3) is 0 Å². The Bertz CT molecular complexity index is 211. The van der Waals surface area contributed by atoms with Crippen LogP contribution >= 0.6 is 0 Å². The summed E-state index contributed by atoms with van der Waals surface area (Å²) >= 11 is 0. The van der Waals surface area contributed by atoms with Gasteiger partial charge < -0.3 is 14.6 Å². The highest BCUT2D eigenvalue weighted by molar-refractivity contribution is 4.85. The van der Waals surface area contributed by atoms with Gasteiger partial charge in [0.2, 0.25) is 0 Å². The Balaban J connectivity index is 1.82. The van der Waals surface area contributed by atoms with E-state index in [1.165, 1.54) is 19.3 Å². The normalized spacial score (nSPS) is 30.8. The molecular weight excluding hydrogens is 204 g/mol. The summed E-state index contributed by atoms with van der Waals surface area (Å²) in [6, 6.07) is 0. The third-order valence-electron chi connectivity index (χ3n) is 3.77. The average Bonchev–Trinajstić information content (AvgIpc) is 2.71. The van der Waals surface area contributed by atoms with E-state index in [0.717, 1.165) is 32.1 Å². The predicted octanol–water partition coefficient (Wildman–Crippen LogP) is 2.61. The summed E-state index contributed by atoms with van der Waals surface area (Å²) in [7, 11) is 0. The van der Waals surface area contributed by atoms with Gasteiger partial charge in [0, 0.05) is 12.8 Å². The lowest BCUT2D eigenvalue weighted by Gasteiger charge is -2.32. The first-order chi connectivity index (χ1) is 7.76. The summed E-state index contributed by atoms with van der Waals surface area (Å²) in [6.07, 6.45) is 8.26. The molecule has 0 radical (unpaired) electrons. The SMILES string of the molecule is CCCC[C@H](O)[C@H]1COC2(CCCCC2)O1. The highest BCUT2D eigenvalue weighted by Gasteiger charge is 2.44. The molecule has 3 heteroatoms. The van der Waals surface area contributed by atoms with E-state index < -0.39 is 0 Å². The van der Waals surface area contributed by atoms with Gasteiger partial charge in [-0.25, -0.2) is 0 Å². The third-order valence-corrected chi connectivity index (χ3v) is 3.77. The lowest BCUT2D eigenvalue weighted by molar-refractivity contribution is -0.195. The molecule has 1 spiro atoms. The summed E-state index contributed by atoms with van der Waals surface area (Å²) in [5.74, 6) is -0.337. The van der Waals surface area contributed by atoms with Crippen LogP contribution in [-0.4, -0.2) is 29.7 Å². The molecule has 0 aromatic heterocycles. The summed E-state index contributed by atoms with van der Waals surface area (Å²) in [6.45, 7) is 2.71. The van der Waals surface area contributed by atoms with Gasteiger partial charge in [-0.3, -0.25) is 0 Å². The van der Waals surface area contributed by atoms with E-state index >= 15 is 0 Å². The molecule has 0 amide bonds. The maximum atomic E-state index is 9.99. The Labute approximate surface area is 98.1 Å². The molecule has 0 aromatic carbocycles. The minimum atomic E-state index is -0.346. The van der Waals surface area contributed by atoms with Crippen LogP contribution in [0.2, 0.25) is 0 Å². The molecule has 0 bridgehead atoms. The fraction of sp³-hybridized carbons (Fsp3) is 1.00. The fourth-order valence-corrected chi connectivity index (χ4v) is 2.72. The van der Waals surface area contributed by atoms with E-state index in [0.29, 0.717) is 6.61 Å². The van der Waals surface area contributed by atoms with Crippen molar-refractivity contribution < 1.29 is 14.6 Å².